The molecule has 0 fully saturated rings. The third-order valence-corrected chi connectivity index (χ3v) is 6.42. The van der Waals surface area contributed by atoms with Crippen LogP contribution in [0, 0.1) is 12.7 Å². The zero-order valence-corrected chi connectivity index (χ0v) is 17.8. The number of benzene rings is 2. The molecule has 1 N–H and O–H groups in total. The number of halogens is 2. The highest BCUT2D eigenvalue weighted by Crippen LogP contribution is 2.33. The summed E-state index contributed by atoms with van der Waals surface area (Å²) in [4.78, 5) is 12.8. The minimum absolute atomic E-state index is 0.0898. The molecule has 0 saturated carbocycles. The van der Waals surface area contributed by atoms with Crippen molar-refractivity contribution >= 4 is 61.6 Å². The average molecular weight is 478 g/mol. The molecule has 28 heavy (non-hydrogen) atoms. The molecule has 0 aliphatic rings. The van der Waals surface area contributed by atoms with E-state index in [0.29, 0.717) is 15.8 Å². The predicted molar refractivity (Wildman–Crippen MR) is 112 cm³/mol. The van der Waals surface area contributed by atoms with Gasteiger partial charge in [0.25, 0.3) is 5.91 Å². The minimum atomic E-state index is -0.529. The lowest BCUT2D eigenvalue weighted by atomic mass is 10.1. The predicted octanol–water partition coefficient (Wildman–Crippen LogP) is 6.04. The molecule has 5 nitrogen and oxygen atoms in total. The molecule has 0 bridgehead atoms. The first-order valence-electron chi connectivity index (χ1n) is 8.21. The van der Waals surface area contributed by atoms with E-state index in [2.05, 4.69) is 31.4 Å². The number of furan rings is 1. The van der Waals surface area contributed by atoms with Gasteiger partial charge in [0.15, 0.2) is 10.1 Å². The fourth-order valence-electron chi connectivity index (χ4n) is 2.67. The van der Waals surface area contributed by atoms with Crippen LogP contribution in [0.5, 0.6) is 0 Å². The van der Waals surface area contributed by atoms with Gasteiger partial charge in [-0.15, -0.1) is 10.2 Å². The molecular formula is C19H13BrFN3O2S2. The number of hydrogen-bond acceptors (Lipinski definition) is 6. The third kappa shape index (κ3) is 3.96. The van der Waals surface area contributed by atoms with Crippen LogP contribution in [-0.4, -0.2) is 16.1 Å². The normalized spacial score (nSPS) is 11.1. The van der Waals surface area contributed by atoms with Crippen molar-refractivity contribution in [3.8, 4) is 0 Å². The minimum Gasteiger partial charge on any atom is -0.451 e. The number of amides is 1. The number of hydrogen-bond donors (Lipinski definition) is 1. The number of rotatable bonds is 5. The van der Waals surface area contributed by atoms with E-state index in [1.54, 1.807) is 12.1 Å². The van der Waals surface area contributed by atoms with Crippen LogP contribution < -0.4 is 5.32 Å². The highest BCUT2D eigenvalue weighted by atomic mass is 79.9. The summed E-state index contributed by atoms with van der Waals surface area (Å²) in [5.74, 6) is -0.380. The molecule has 0 aliphatic heterocycles. The van der Waals surface area contributed by atoms with Crippen molar-refractivity contribution in [1.29, 1.82) is 0 Å². The van der Waals surface area contributed by atoms with Crippen LogP contribution in [-0.2, 0) is 5.75 Å². The summed E-state index contributed by atoms with van der Waals surface area (Å²) >= 11 is 6.17. The van der Waals surface area contributed by atoms with Crippen LogP contribution in [0.1, 0.15) is 21.1 Å². The van der Waals surface area contributed by atoms with E-state index in [1.165, 1.54) is 35.2 Å². The van der Waals surface area contributed by atoms with Crippen molar-refractivity contribution in [2.24, 2.45) is 0 Å². The second-order valence-corrected chi connectivity index (χ2v) is 9.18. The fraction of sp³-hybridized carbons (Fsp3) is 0.105. The summed E-state index contributed by atoms with van der Waals surface area (Å²) in [5.41, 5.74) is 1.43. The Balaban J connectivity index is 1.66. The topological polar surface area (TPSA) is 68.0 Å². The average Bonchev–Trinajstić information content (AvgIpc) is 3.25. The molecule has 0 radical (unpaired) electrons. The van der Waals surface area contributed by atoms with Crippen LogP contribution in [0.15, 0.2) is 55.7 Å². The Morgan fingerprint density at radius 3 is 2.86 bits per heavy atom. The quantitative estimate of drug-likeness (QED) is 0.355. The molecular weight excluding hydrogens is 465 g/mol. The van der Waals surface area contributed by atoms with Crippen molar-refractivity contribution in [3.63, 3.8) is 0 Å². The summed E-state index contributed by atoms with van der Waals surface area (Å²) in [7, 11) is 0. The van der Waals surface area contributed by atoms with E-state index >= 15 is 0 Å². The van der Waals surface area contributed by atoms with E-state index < -0.39 is 11.7 Å². The Morgan fingerprint density at radius 1 is 1.29 bits per heavy atom. The summed E-state index contributed by atoms with van der Waals surface area (Å²) in [6.07, 6.45) is 0. The highest BCUT2D eigenvalue weighted by molar-refractivity contribution is 9.10. The van der Waals surface area contributed by atoms with Crippen LogP contribution in [0.25, 0.3) is 11.0 Å². The number of thioether (sulfide) groups is 1. The number of carbonyl (C=O) groups is 1. The van der Waals surface area contributed by atoms with Crippen molar-refractivity contribution in [2.75, 3.05) is 5.32 Å². The number of nitrogens with zero attached hydrogens (tertiary/aromatic N) is 2. The number of aromatic nitrogens is 2. The van der Waals surface area contributed by atoms with E-state index in [-0.39, 0.29) is 11.4 Å². The second-order valence-electron chi connectivity index (χ2n) is 5.86. The second kappa shape index (κ2) is 8.02. The maximum atomic E-state index is 14.1. The molecule has 0 spiro atoms. The summed E-state index contributed by atoms with van der Waals surface area (Å²) in [5, 5.41) is 12.4. The molecule has 4 rings (SSSR count). The Hall–Kier alpha value is -2.23. The molecule has 9 heteroatoms. The van der Waals surface area contributed by atoms with Crippen molar-refractivity contribution < 1.29 is 13.6 Å². The Bertz CT molecular complexity index is 1180. The first-order valence-corrected chi connectivity index (χ1v) is 10.8. The van der Waals surface area contributed by atoms with Gasteiger partial charge >= 0.3 is 0 Å². The Labute approximate surface area is 176 Å². The van der Waals surface area contributed by atoms with Gasteiger partial charge in [-0.3, -0.25) is 4.79 Å². The molecule has 0 saturated heterocycles. The van der Waals surface area contributed by atoms with Crippen molar-refractivity contribution in [2.45, 2.75) is 17.0 Å². The van der Waals surface area contributed by atoms with E-state index in [9.17, 15) is 9.18 Å². The zero-order chi connectivity index (χ0) is 19.7. The number of carbonyl (C=O) groups excluding carboxylic acids is 1. The maximum absolute atomic E-state index is 14.1. The monoisotopic (exact) mass is 477 g/mol. The van der Waals surface area contributed by atoms with E-state index in [4.69, 9.17) is 4.42 Å². The summed E-state index contributed by atoms with van der Waals surface area (Å²) in [6, 6.07) is 11.9. The van der Waals surface area contributed by atoms with Gasteiger partial charge in [0.2, 0.25) is 0 Å². The Kier molecular flexibility index (Phi) is 5.47. The largest absolute Gasteiger partial charge is 0.451 e. The first-order chi connectivity index (χ1) is 13.5. The van der Waals surface area contributed by atoms with Crippen LogP contribution in [0.3, 0.4) is 0 Å². The number of fused-ring (bicyclic) bond motifs is 1. The smallest absolute Gasteiger partial charge is 0.291 e. The van der Waals surface area contributed by atoms with Gasteiger partial charge in [-0.05, 0) is 31.2 Å². The number of nitrogens with one attached hydrogen (secondary N) is 1. The number of aryl methyl sites for hydroxylation is 1. The van der Waals surface area contributed by atoms with E-state index in [1.807, 2.05) is 25.1 Å². The van der Waals surface area contributed by atoms with Gasteiger partial charge in [0, 0.05) is 21.2 Å². The molecule has 2 heterocycles. The molecule has 1 amide bonds. The SMILES string of the molecule is Cc1nnc(SCc2c(C(=O)Nc3ccc(Br)cc3F)oc3ccccc23)s1. The summed E-state index contributed by atoms with van der Waals surface area (Å²) in [6.45, 7) is 1.89. The maximum Gasteiger partial charge on any atom is 0.291 e. The number of para-hydroxylation sites is 1. The van der Waals surface area contributed by atoms with Crippen molar-refractivity contribution in [3.05, 3.63) is 69.1 Å². The lowest BCUT2D eigenvalue weighted by molar-refractivity contribution is 0.0997. The third-order valence-electron chi connectivity index (χ3n) is 3.93. The first kappa shape index (κ1) is 19.1. The highest BCUT2D eigenvalue weighted by Gasteiger charge is 2.22. The molecule has 2 aromatic heterocycles. The van der Waals surface area contributed by atoms with Gasteiger partial charge in [-0.25, -0.2) is 4.39 Å². The van der Waals surface area contributed by atoms with Gasteiger partial charge in [-0.2, -0.15) is 0 Å². The lowest BCUT2D eigenvalue weighted by Gasteiger charge is -2.06. The van der Waals surface area contributed by atoms with Gasteiger partial charge in [0.1, 0.15) is 16.4 Å². The van der Waals surface area contributed by atoms with Gasteiger partial charge in [0.05, 0.1) is 5.69 Å². The zero-order valence-electron chi connectivity index (χ0n) is 14.5. The van der Waals surface area contributed by atoms with Crippen LogP contribution in [0.4, 0.5) is 10.1 Å². The van der Waals surface area contributed by atoms with Gasteiger partial charge < -0.3 is 9.73 Å². The van der Waals surface area contributed by atoms with Crippen LogP contribution in [0.2, 0.25) is 0 Å². The van der Waals surface area contributed by atoms with E-state index in [0.717, 1.165) is 20.3 Å². The van der Waals surface area contributed by atoms with Gasteiger partial charge in [-0.1, -0.05) is 57.2 Å². The fourth-order valence-corrected chi connectivity index (χ4v) is 4.84. The lowest BCUT2D eigenvalue weighted by Crippen LogP contribution is -2.13. The number of anilines is 1. The molecule has 0 aliphatic carbocycles. The summed E-state index contributed by atoms with van der Waals surface area (Å²) < 4.78 is 21.3. The van der Waals surface area contributed by atoms with Crippen LogP contribution >= 0.6 is 39.0 Å². The molecule has 2 aromatic carbocycles. The molecule has 0 atom stereocenters. The molecule has 0 unspecified atom stereocenters. The standard InChI is InChI=1S/C19H13BrFN3O2S2/c1-10-23-24-19(28-10)27-9-13-12-4-2-3-5-16(12)26-17(13)18(25)22-15-7-6-11(20)8-14(15)21/h2-8H,9H2,1H3,(H,22,25). The molecule has 142 valence electrons. The molecule has 4 aromatic rings. The van der Waals surface area contributed by atoms with Crippen molar-refractivity contribution in [1.82, 2.24) is 10.2 Å². The Morgan fingerprint density at radius 2 is 2.11 bits per heavy atom.